The van der Waals surface area contributed by atoms with Gasteiger partial charge in [0.15, 0.2) is 0 Å². The van der Waals surface area contributed by atoms with E-state index in [0.29, 0.717) is 5.41 Å². The molecule has 0 bridgehead atoms. The molecule has 62 valence electrons. The SMILES string of the molecule is CCC1([CH](O)[Pr])CCCCC1. The molecule has 0 aromatic heterocycles. The third-order valence-corrected chi connectivity index (χ3v) is 5.45. The molecule has 0 aromatic rings. The number of hydrogen-bond donors (Lipinski definition) is 1. The summed E-state index contributed by atoms with van der Waals surface area (Å²) in [6.45, 7) is 2.23. The van der Waals surface area contributed by atoms with Crippen molar-refractivity contribution in [3.8, 4) is 0 Å². The zero-order valence-electron chi connectivity index (χ0n) is 7.34. The Kier molecular flexibility index (Phi) is 4.28. The van der Waals surface area contributed by atoms with E-state index in [9.17, 15) is 5.11 Å². The third kappa shape index (κ3) is 2.38. The van der Waals surface area contributed by atoms with Gasteiger partial charge in [-0.1, -0.05) is 0 Å². The van der Waals surface area contributed by atoms with E-state index in [1.54, 1.807) is 0 Å². The second-order valence-corrected chi connectivity index (χ2v) is 5.75. The maximum absolute atomic E-state index is 9.70. The molecule has 1 aliphatic carbocycles. The number of aliphatic hydroxyl groups excluding tert-OH is 1. The minimum atomic E-state index is 0.0628. The molecule has 1 unspecified atom stereocenters. The molecule has 0 spiro atoms. The van der Waals surface area contributed by atoms with Gasteiger partial charge in [0.05, 0.1) is 0 Å². The van der Waals surface area contributed by atoms with Gasteiger partial charge in [-0.05, 0) is 0 Å². The first-order valence-electron chi connectivity index (χ1n) is 4.65. The van der Waals surface area contributed by atoms with Crippen molar-refractivity contribution >= 4 is 0 Å². The summed E-state index contributed by atoms with van der Waals surface area (Å²) in [4.78, 5) is 0. The van der Waals surface area contributed by atoms with Crippen LogP contribution in [0.15, 0.2) is 0 Å². The standard InChI is InChI=1S/C9H17O.Pr/c1-2-9(8-10)6-4-3-5-7-9;/h8,10H,2-7H2,1H3;. The predicted octanol–water partition coefficient (Wildman–Crippen LogP) is 2.21. The van der Waals surface area contributed by atoms with Crippen LogP contribution in [0.1, 0.15) is 45.4 Å². The van der Waals surface area contributed by atoms with Crippen LogP contribution in [-0.4, -0.2) is 6.79 Å². The molecular weight excluding hydrogens is 265 g/mol. The Hall–Kier alpha value is 1.32. The first-order valence-corrected chi connectivity index (χ1v) is 6.79. The van der Waals surface area contributed by atoms with E-state index in [2.05, 4.69) is 6.92 Å². The summed E-state index contributed by atoms with van der Waals surface area (Å²) < 4.78 is 0.0628. The fourth-order valence-electron chi connectivity index (χ4n) is 2.11. The van der Waals surface area contributed by atoms with Crippen molar-refractivity contribution in [3.63, 3.8) is 0 Å². The molecule has 1 fully saturated rings. The van der Waals surface area contributed by atoms with Crippen LogP contribution in [0.3, 0.4) is 0 Å². The van der Waals surface area contributed by atoms with Crippen molar-refractivity contribution in [1.82, 2.24) is 0 Å². The van der Waals surface area contributed by atoms with E-state index < -0.39 is 0 Å². The van der Waals surface area contributed by atoms with Crippen LogP contribution in [0.4, 0.5) is 0 Å². The zero-order valence-corrected chi connectivity index (χ0v) is 11.0. The molecule has 0 saturated heterocycles. The van der Waals surface area contributed by atoms with Gasteiger partial charge in [0.25, 0.3) is 0 Å². The Morgan fingerprint density at radius 1 is 1.36 bits per heavy atom. The second kappa shape index (κ2) is 4.53. The van der Waals surface area contributed by atoms with Gasteiger partial charge in [-0.2, -0.15) is 0 Å². The average molecular weight is 282 g/mol. The molecule has 1 N–H and O–H groups in total. The van der Waals surface area contributed by atoms with Gasteiger partial charge in [0.1, 0.15) is 0 Å². The summed E-state index contributed by atoms with van der Waals surface area (Å²) in [7, 11) is 0. The fraction of sp³-hybridized carbons (Fsp3) is 1.00. The van der Waals surface area contributed by atoms with Gasteiger partial charge in [-0.3, -0.25) is 0 Å². The van der Waals surface area contributed by atoms with Gasteiger partial charge in [-0.15, -0.1) is 0 Å². The van der Waals surface area contributed by atoms with E-state index in [1.807, 2.05) is 0 Å². The summed E-state index contributed by atoms with van der Waals surface area (Å²) in [5.41, 5.74) is 0.350. The van der Waals surface area contributed by atoms with Crippen molar-refractivity contribution in [2.45, 2.75) is 47.1 Å². The Bertz CT molecular complexity index is 117. The molecule has 1 saturated carbocycles. The molecule has 2 heteroatoms. The van der Waals surface area contributed by atoms with Crippen molar-refractivity contribution < 1.29 is 44.3 Å². The molecule has 1 nitrogen and oxygen atoms in total. The monoisotopic (exact) mass is 282 g/mol. The summed E-state index contributed by atoms with van der Waals surface area (Å²) in [6, 6.07) is 0. The van der Waals surface area contributed by atoms with Gasteiger partial charge in [0.2, 0.25) is 0 Å². The molecule has 0 aliphatic heterocycles. The number of aliphatic hydroxyl groups is 1. The molecule has 0 heterocycles. The second-order valence-electron chi connectivity index (χ2n) is 3.72. The zero-order chi connectivity index (χ0) is 8.32. The fourth-order valence-corrected chi connectivity index (χ4v) is 3.94. The topological polar surface area (TPSA) is 20.2 Å². The first-order chi connectivity index (χ1) is 5.21. The van der Waals surface area contributed by atoms with Crippen LogP contribution in [0, 0.1) is 44.6 Å². The molecular formula is C9H17OPr. The van der Waals surface area contributed by atoms with Crippen molar-refractivity contribution in [3.05, 3.63) is 0 Å². The Balaban J connectivity index is 2.57. The van der Waals surface area contributed by atoms with Gasteiger partial charge in [-0.25, -0.2) is 0 Å². The Labute approximate surface area is 95.9 Å². The molecule has 0 amide bonds. The normalized spacial score (nSPS) is 26.3. The van der Waals surface area contributed by atoms with Crippen LogP contribution < -0.4 is 0 Å². The maximum atomic E-state index is 9.70. The van der Waals surface area contributed by atoms with Crippen molar-refractivity contribution in [1.29, 1.82) is 0 Å². The third-order valence-electron chi connectivity index (χ3n) is 3.18. The molecule has 0 radical (unpaired) electrons. The van der Waals surface area contributed by atoms with E-state index in [0.717, 1.165) is 39.2 Å². The van der Waals surface area contributed by atoms with Gasteiger partial charge < -0.3 is 0 Å². The van der Waals surface area contributed by atoms with Crippen LogP contribution in [-0.2, 0) is 0 Å². The van der Waals surface area contributed by atoms with Crippen LogP contribution in [0.5, 0.6) is 0 Å². The van der Waals surface area contributed by atoms with E-state index in [1.165, 1.54) is 38.5 Å². The summed E-state index contributed by atoms with van der Waals surface area (Å²) in [5, 5.41) is 9.70. The van der Waals surface area contributed by atoms with E-state index >= 15 is 0 Å². The summed E-state index contributed by atoms with van der Waals surface area (Å²) in [6.07, 6.45) is 7.82. The molecule has 1 rings (SSSR count). The molecule has 1 atom stereocenters. The van der Waals surface area contributed by atoms with Crippen LogP contribution in [0.25, 0.3) is 0 Å². The Morgan fingerprint density at radius 2 is 1.91 bits per heavy atom. The predicted molar refractivity (Wildman–Crippen MR) is 41.8 cm³/mol. The minimum absolute atomic E-state index is 0.0628. The Morgan fingerprint density at radius 3 is 2.18 bits per heavy atom. The molecule has 0 aromatic carbocycles. The van der Waals surface area contributed by atoms with E-state index in [-0.39, 0.29) is 1.69 Å². The quantitative estimate of drug-likeness (QED) is 0.823. The van der Waals surface area contributed by atoms with E-state index in [4.69, 9.17) is 0 Å². The number of hydrogen-bond acceptors (Lipinski definition) is 1. The van der Waals surface area contributed by atoms with Crippen LogP contribution in [0.2, 0.25) is 0 Å². The first kappa shape index (κ1) is 10.4. The van der Waals surface area contributed by atoms with Gasteiger partial charge >= 0.3 is 96.9 Å². The summed E-state index contributed by atoms with van der Waals surface area (Å²) >= 11 is 0.748. The van der Waals surface area contributed by atoms with Crippen LogP contribution >= 0.6 is 0 Å². The molecule has 11 heavy (non-hydrogen) atoms. The molecule has 1 aliphatic rings. The van der Waals surface area contributed by atoms with Crippen molar-refractivity contribution in [2.24, 2.45) is 5.41 Å². The van der Waals surface area contributed by atoms with Gasteiger partial charge in [0, 0.05) is 0 Å². The average Bonchev–Trinajstić information content (AvgIpc) is 2.05. The summed E-state index contributed by atoms with van der Waals surface area (Å²) in [5.74, 6) is 0. The van der Waals surface area contributed by atoms with Crippen molar-refractivity contribution in [2.75, 3.05) is 0 Å². The number of rotatable bonds is 2.